The molecule has 2 rings (SSSR count). The number of oxazole rings is 1. The number of aliphatic hydroxyl groups is 1. The van der Waals surface area contributed by atoms with Crippen LogP contribution in [-0.4, -0.2) is 10.1 Å². The van der Waals surface area contributed by atoms with E-state index in [-0.39, 0.29) is 6.61 Å². The van der Waals surface area contributed by atoms with Crippen molar-refractivity contribution in [2.75, 3.05) is 0 Å². The van der Waals surface area contributed by atoms with Crippen molar-refractivity contribution in [1.82, 2.24) is 4.98 Å². The number of benzene rings is 1. The van der Waals surface area contributed by atoms with E-state index in [0.717, 1.165) is 11.1 Å². The zero-order valence-electron chi connectivity index (χ0n) is 10.4. The Morgan fingerprint density at radius 2 is 2.12 bits per heavy atom. The molecule has 1 heterocycles. The Labute approximate surface area is 101 Å². The third kappa shape index (κ3) is 2.39. The van der Waals surface area contributed by atoms with Gasteiger partial charge in [0.2, 0.25) is 5.89 Å². The Kier molecular flexibility index (Phi) is 3.29. The van der Waals surface area contributed by atoms with Crippen molar-refractivity contribution in [3.8, 4) is 11.5 Å². The molecule has 0 unspecified atom stereocenters. The molecule has 1 N–H and O–H groups in total. The highest BCUT2D eigenvalue weighted by atomic mass is 16.3. The summed E-state index contributed by atoms with van der Waals surface area (Å²) in [7, 11) is 0. The second-order valence-corrected chi connectivity index (χ2v) is 4.53. The smallest absolute Gasteiger partial charge is 0.226 e. The largest absolute Gasteiger partial charge is 0.444 e. The van der Waals surface area contributed by atoms with Gasteiger partial charge in [-0.05, 0) is 30.0 Å². The number of hydrogen-bond donors (Lipinski definition) is 1. The first kappa shape index (κ1) is 11.9. The molecule has 1 aromatic heterocycles. The van der Waals surface area contributed by atoms with Crippen LogP contribution in [0.4, 0.5) is 0 Å². The molecule has 1 aromatic carbocycles. The lowest BCUT2D eigenvalue weighted by molar-refractivity contribution is 0.276. The van der Waals surface area contributed by atoms with E-state index in [1.807, 2.05) is 6.92 Å². The number of aromatic nitrogens is 1. The van der Waals surface area contributed by atoms with Gasteiger partial charge in [0.1, 0.15) is 12.0 Å². The van der Waals surface area contributed by atoms with Crippen molar-refractivity contribution in [3.05, 3.63) is 41.3 Å². The predicted octanol–water partition coefficient (Wildman–Crippen LogP) is 3.27. The van der Waals surface area contributed by atoms with E-state index < -0.39 is 0 Å². The van der Waals surface area contributed by atoms with E-state index >= 15 is 0 Å². The van der Waals surface area contributed by atoms with Crippen LogP contribution in [0.3, 0.4) is 0 Å². The van der Waals surface area contributed by atoms with Crippen LogP contribution in [0.1, 0.15) is 36.6 Å². The van der Waals surface area contributed by atoms with E-state index in [0.29, 0.717) is 17.5 Å². The molecule has 0 amide bonds. The molecule has 0 fully saturated rings. The van der Waals surface area contributed by atoms with Crippen molar-refractivity contribution in [3.63, 3.8) is 0 Å². The van der Waals surface area contributed by atoms with Gasteiger partial charge in [-0.2, -0.15) is 0 Å². The maximum Gasteiger partial charge on any atom is 0.226 e. The summed E-state index contributed by atoms with van der Waals surface area (Å²) in [6, 6.07) is 6.31. The summed E-state index contributed by atoms with van der Waals surface area (Å²) < 4.78 is 5.39. The summed E-state index contributed by atoms with van der Waals surface area (Å²) in [5, 5.41) is 8.99. The molecular formula is C14H17NO2. The minimum Gasteiger partial charge on any atom is -0.444 e. The van der Waals surface area contributed by atoms with Crippen molar-refractivity contribution >= 4 is 0 Å². The minimum absolute atomic E-state index is 0.0909. The van der Waals surface area contributed by atoms with E-state index in [4.69, 9.17) is 9.52 Å². The maximum atomic E-state index is 8.99. The Morgan fingerprint density at radius 1 is 1.35 bits per heavy atom. The van der Waals surface area contributed by atoms with E-state index in [2.05, 4.69) is 37.0 Å². The Bertz CT molecular complexity index is 515. The molecule has 0 spiro atoms. The summed E-state index contributed by atoms with van der Waals surface area (Å²) in [5.74, 6) is 1.05. The van der Waals surface area contributed by atoms with Gasteiger partial charge >= 0.3 is 0 Å². The molecular weight excluding hydrogens is 214 g/mol. The highest BCUT2D eigenvalue weighted by Gasteiger charge is 2.11. The van der Waals surface area contributed by atoms with Crippen molar-refractivity contribution in [2.24, 2.45) is 0 Å². The molecule has 0 aliphatic carbocycles. The molecule has 0 saturated carbocycles. The van der Waals surface area contributed by atoms with Gasteiger partial charge in [0.15, 0.2) is 0 Å². The first-order chi connectivity index (χ1) is 8.11. The zero-order valence-corrected chi connectivity index (χ0v) is 10.4. The first-order valence-corrected chi connectivity index (χ1v) is 5.78. The van der Waals surface area contributed by atoms with Crippen LogP contribution in [-0.2, 0) is 6.61 Å². The molecule has 0 aliphatic rings. The van der Waals surface area contributed by atoms with Crippen LogP contribution in [0, 0.1) is 6.92 Å². The summed E-state index contributed by atoms with van der Waals surface area (Å²) in [5.41, 5.74) is 3.94. The summed E-state index contributed by atoms with van der Waals surface area (Å²) in [6.07, 6.45) is 1.50. The molecule has 3 heteroatoms. The van der Waals surface area contributed by atoms with Gasteiger partial charge in [-0.15, -0.1) is 0 Å². The van der Waals surface area contributed by atoms with Gasteiger partial charge in [-0.1, -0.05) is 26.0 Å². The third-order valence-corrected chi connectivity index (χ3v) is 2.87. The first-order valence-electron chi connectivity index (χ1n) is 5.78. The van der Waals surface area contributed by atoms with Gasteiger partial charge in [0, 0.05) is 5.56 Å². The van der Waals surface area contributed by atoms with Crippen molar-refractivity contribution in [1.29, 1.82) is 0 Å². The lowest BCUT2D eigenvalue weighted by atomic mass is 9.98. The van der Waals surface area contributed by atoms with E-state index in [9.17, 15) is 0 Å². The normalized spacial score (nSPS) is 11.1. The van der Waals surface area contributed by atoms with Crippen LogP contribution in [0.2, 0.25) is 0 Å². The zero-order chi connectivity index (χ0) is 12.4. The highest BCUT2D eigenvalue weighted by Crippen LogP contribution is 2.26. The fourth-order valence-electron chi connectivity index (χ4n) is 1.73. The van der Waals surface area contributed by atoms with Gasteiger partial charge < -0.3 is 9.52 Å². The summed E-state index contributed by atoms with van der Waals surface area (Å²) >= 11 is 0. The van der Waals surface area contributed by atoms with Crippen LogP contribution in [0.15, 0.2) is 28.9 Å². The molecule has 90 valence electrons. The van der Waals surface area contributed by atoms with Gasteiger partial charge in [-0.25, -0.2) is 4.98 Å². The van der Waals surface area contributed by atoms with Crippen LogP contribution in [0.25, 0.3) is 11.5 Å². The van der Waals surface area contributed by atoms with Gasteiger partial charge in [0.25, 0.3) is 0 Å². The molecule has 17 heavy (non-hydrogen) atoms. The molecule has 3 nitrogen and oxygen atoms in total. The molecule has 0 saturated heterocycles. The molecule has 0 aliphatic heterocycles. The van der Waals surface area contributed by atoms with Gasteiger partial charge in [-0.3, -0.25) is 0 Å². The average Bonchev–Trinajstić information content (AvgIpc) is 2.77. The number of rotatable bonds is 3. The number of aliphatic hydroxyl groups excluding tert-OH is 1. The monoisotopic (exact) mass is 231 g/mol. The number of hydrogen-bond acceptors (Lipinski definition) is 3. The standard InChI is InChI=1S/C14H17NO2/c1-9(2)11-5-4-10(3)13(6-11)14-15-12(7-16)8-17-14/h4-6,8-9,16H,7H2,1-3H3. The lowest BCUT2D eigenvalue weighted by Crippen LogP contribution is -1.91. The predicted molar refractivity (Wildman–Crippen MR) is 66.7 cm³/mol. The number of nitrogens with zero attached hydrogens (tertiary/aromatic N) is 1. The second-order valence-electron chi connectivity index (χ2n) is 4.53. The van der Waals surface area contributed by atoms with Crippen LogP contribution in [0.5, 0.6) is 0 Å². The summed E-state index contributed by atoms with van der Waals surface area (Å²) in [6.45, 7) is 6.25. The molecule has 0 radical (unpaired) electrons. The SMILES string of the molecule is Cc1ccc(C(C)C)cc1-c1nc(CO)co1. The van der Waals surface area contributed by atoms with Crippen molar-refractivity contribution < 1.29 is 9.52 Å². The Morgan fingerprint density at radius 3 is 2.71 bits per heavy atom. The topological polar surface area (TPSA) is 46.3 Å². The minimum atomic E-state index is -0.0909. The van der Waals surface area contributed by atoms with E-state index in [1.54, 1.807) is 0 Å². The third-order valence-electron chi connectivity index (χ3n) is 2.87. The lowest BCUT2D eigenvalue weighted by Gasteiger charge is -2.08. The van der Waals surface area contributed by atoms with Crippen LogP contribution < -0.4 is 0 Å². The highest BCUT2D eigenvalue weighted by molar-refractivity contribution is 5.60. The average molecular weight is 231 g/mol. The molecule has 0 atom stereocenters. The van der Waals surface area contributed by atoms with Gasteiger partial charge in [0.05, 0.1) is 6.61 Å². The second kappa shape index (κ2) is 4.72. The Balaban J connectivity index is 2.46. The van der Waals surface area contributed by atoms with Crippen molar-refractivity contribution in [2.45, 2.75) is 33.3 Å². The quantitative estimate of drug-likeness (QED) is 0.881. The maximum absolute atomic E-state index is 8.99. The van der Waals surface area contributed by atoms with Crippen LogP contribution >= 0.6 is 0 Å². The molecule has 2 aromatic rings. The Hall–Kier alpha value is -1.61. The number of aryl methyl sites for hydroxylation is 1. The molecule has 0 bridgehead atoms. The van der Waals surface area contributed by atoms with E-state index in [1.165, 1.54) is 11.8 Å². The fraction of sp³-hybridized carbons (Fsp3) is 0.357. The fourth-order valence-corrected chi connectivity index (χ4v) is 1.73. The summed E-state index contributed by atoms with van der Waals surface area (Å²) in [4.78, 5) is 4.24.